The molecule has 0 bridgehead atoms. The van der Waals surface area contributed by atoms with Gasteiger partial charge in [0.05, 0.1) is 0 Å². The Bertz CT molecular complexity index is 459. The Labute approximate surface area is 118 Å². The molecule has 110 valence electrons. The number of rotatable bonds is 5. The number of likely N-dealkylation sites (tertiary alicyclic amines) is 1. The summed E-state index contributed by atoms with van der Waals surface area (Å²) < 4.78 is 26.4. The highest BCUT2D eigenvalue weighted by Crippen LogP contribution is 2.11. The van der Waals surface area contributed by atoms with Crippen LogP contribution in [0.1, 0.15) is 31.2 Å². The third-order valence-electron chi connectivity index (χ3n) is 3.57. The molecule has 1 aromatic carbocycles. The predicted octanol–water partition coefficient (Wildman–Crippen LogP) is 2.46. The number of benzene rings is 1. The van der Waals surface area contributed by atoms with Crippen LogP contribution >= 0.6 is 0 Å². The Hall–Kier alpha value is -1.49. The van der Waals surface area contributed by atoms with Crippen molar-refractivity contribution in [3.63, 3.8) is 0 Å². The van der Waals surface area contributed by atoms with Crippen LogP contribution in [0.15, 0.2) is 18.2 Å². The molecule has 0 unspecified atom stereocenters. The standard InChI is InChI=1S/C15H20F2N2O/c16-13-6-4-5-12(15(13)17)11-18-8-7-14(20)19-9-2-1-3-10-19/h4-6,18H,1-3,7-11H2. The van der Waals surface area contributed by atoms with Gasteiger partial charge in [-0.05, 0) is 25.3 Å². The molecule has 3 nitrogen and oxygen atoms in total. The van der Waals surface area contributed by atoms with Crippen molar-refractivity contribution < 1.29 is 13.6 Å². The fourth-order valence-corrected chi connectivity index (χ4v) is 2.40. The number of amides is 1. The number of hydrogen-bond acceptors (Lipinski definition) is 2. The largest absolute Gasteiger partial charge is 0.343 e. The lowest BCUT2D eigenvalue weighted by molar-refractivity contribution is -0.131. The second-order valence-electron chi connectivity index (χ2n) is 5.08. The lowest BCUT2D eigenvalue weighted by Gasteiger charge is -2.26. The molecule has 0 atom stereocenters. The quantitative estimate of drug-likeness (QED) is 0.841. The molecule has 1 heterocycles. The molecule has 5 heteroatoms. The molecular weight excluding hydrogens is 262 g/mol. The van der Waals surface area contributed by atoms with Crippen LogP contribution in [0.2, 0.25) is 0 Å². The van der Waals surface area contributed by atoms with Crippen LogP contribution in [0.3, 0.4) is 0 Å². The highest BCUT2D eigenvalue weighted by molar-refractivity contribution is 5.76. The minimum absolute atomic E-state index is 0.136. The Balaban J connectivity index is 1.70. The number of halogens is 2. The van der Waals surface area contributed by atoms with E-state index in [1.165, 1.54) is 18.6 Å². The molecular formula is C15H20F2N2O. The SMILES string of the molecule is O=C(CCNCc1cccc(F)c1F)N1CCCCC1. The molecule has 1 fully saturated rings. The van der Waals surface area contributed by atoms with E-state index in [4.69, 9.17) is 0 Å². The second kappa shape index (κ2) is 7.33. The van der Waals surface area contributed by atoms with E-state index in [1.54, 1.807) is 0 Å². The van der Waals surface area contributed by atoms with E-state index in [0.29, 0.717) is 13.0 Å². The van der Waals surface area contributed by atoms with E-state index < -0.39 is 11.6 Å². The number of nitrogens with zero attached hydrogens (tertiary/aromatic N) is 1. The van der Waals surface area contributed by atoms with Crippen molar-refractivity contribution in [2.24, 2.45) is 0 Å². The van der Waals surface area contributed by atoms with E-state index in [1.807, 2.05) is 4.90 Å². The van der Waals surface area contributed by atoms with E-state index in [-0.39, 0.29) is 18.0 Å². The topological polar surface area (TPSA) is 32.3 Å². The lowest BCUT2D eigenvalue weighted by Crippen LogP contribution is -2.37. The van der Waals surface area contributed by atoms with Gasteiger partial charge in [-0.3, -0.25) is 4.79 Å². The monoisotopic (exact) mass is 282 g/mol. The van der Waals surface area contributed by atoms with Gasteiger partial charge in [0, 0.05) is 38.2 Å². The van der Waals surface area contributed by atoms with Crippen molar-refractivity contribution >= 4 is 5.91 Å². The summed E-state index contributed by atoms with van der Waals surface area (Å²) in [5.41, 5.74) is 0.287. The number of carbonyl (C=O) groups excluding carboxylic acids is 1. The molecule has 0 aromatic heterocycles. The van der Waals surface area contributed by atoms with Gasteiger partial charge in [-0.15, -0.1) is 0 Å². The van der Waals surface area contributed by atoms with Crippen LogP contribution in [0, 0.1) is 11.6 Å². The lowest BCUT2D eigenvalue weighted by atomic mass is 10.1. The van der Waals surface area contributed by atoms with E-state index >= 15 is 0 Å². The van der Waals surface area contributed by atoms with Gasteiger partial charge in [0.1, 0.15) is 0 Å². The Morgan fingerprint density at radius 1 is 1.20 bits per heavy atom. The maximum atomic E-state index is 13.4. The predicted molar refractivity (Wildman–Crippen MR) is 73.1 cm³/mol. The number of nitrogens with one attached hydrogen (secondary N) is 1. The fourth-order valence-electron chi connectivity index (χ4n) is 2.40. The molecule has 1 N–H and O–H groups in total. The smallest absolute Gasteiger partial charge is 0.223 e. The molecule has 1 saturated heterocycles. The van der Waals surface area contributed by atoms with Crippen molar-refractivity contribution in [2.45, 2.75) is 32.2 Å². The van der Waals surface area contributed by atoms with Gasteiger partial charge in [0.25, 0.3) is 0 Å². The van der Waals surface area contributed by atoms with Crippen LogP contribution in [0.4, 0.5) is 8.78 Å². The average Bonchev–Trinajstić information content (AvgIpc) is 2.48. The maximum Gasteiger partial charge on any atom is 0.223 e. The van der Waals surface area contributed by atoms with Crippen LogP contribution < -0.4 is 5.32 Å². The second-order valence-corrected chi connectivity index (χ2v) is 5.08. The summed E-state index contributed by atoms with van der Waals surface area (Å²) in [4.78, 5) is 13.8. The van der Waals surface area contributed by atoms with Gasteiger partial charge in [0.15, 0.2) is 11.6 Å². The Kier molecular flexibility index (Phi) is 5.47. The normalized spacial score (nSPS) is 15.4. The van der Waals surface area contributed by atoms with Gasteiger partial charge in [0.2, 0.25) is 5.91 Å². The first kappa shape index (κ1) is 14.9. The number of hydrogen-bond donors (Lipinski definition) is 1. The summed E-state index contributed by atoms with van der Waals surface area (Å²) in [6, 6.07) is 4.12. The minimum Gasteiger partial charge on any atom is -0.343 e. The third-order valence-corrected chi connectivity index (χ3v) is 3.57. The van der Waals surface area contributed by atoms with Crippen LogP contribution in [0.5, 0.6) is 0 Å². The highest BCUT2D eigenvalue weighted by Gasteiger charge is 2.15. The summed E-state index contributed by atoms with van der Waals surface area (Å²) in [7, 11) is 0. The first-order chi connectivity index (χ1) is 9.68. The van der Waals surface area contributed by atoms with Crippen molar-refractivity contribution in [1.29, 1.82) is 0 Å². The van der Waals surface area contributed by atoms with Crippen molar-refractivity contribution in [3.8, 4) is 0 Å². The van der Waals surface area contributed by atoms with Crippen molar-refractivity contribution in [2.75, 3.05) is 19.6 Å². The summed E-state index contributed by atoms with van der Waals surface area (Å²) in [6.45, 7) is 2.40. The maximum absolute atomic E-state index is 13.4. The summed E-state index contributed by atoms with van der Waals surface area (Å²) >= 11 is 0. The summed E-state index contributed by atoms with van der Waals surface area (Å²) in [5.74, 6) is -1.52. The van der Waals surface area contributed by atoms with E-state index in [9.17, 15) is 13.6 Å². The number of carbonyl (C=O) groups is 1. The van der Waals surface area contributed by atoms with Gasteiger partial charge >= 0.3 is 0 Å². The van der Waals surface area contributed by atoms with E-state index in [2.05, 4.69) is 5.32 Å². The van der Waals surface area contributed by atoms with Gasteiger partial charge in [-0.2, -0.15) is 0 Å². The number of piperidine rings is 1. The van der Waals surface area contributed by atoms with Crippen LogP contribution in [0.25, 0.3) is 0 Å². The van der Waals surface area contributed by atoms with Crippen molar-refractivity contribution in [1.82, 2.24) is 10.2 Å². The molecule has 0 saturated carbocycles. The van der Waals surface area contributed by atoms with E-state index in [0.717, 1.165) is 32.0 Å². The van der Waals surface area contributed by atoms with Crippen LogP contribution in [-0.2, 0) is 11.3 Å². The highest BCUT2D eigenvalue weighted by atomic mass is 19.2. The molecule has 1 aromatic rings. The summed E-state index contributed by atoms with van der Waals surface area (Å²) in [6.07, 6.45) is 3.75. The molecule has 0 aliphatic carbocycles. The molecule has 2 rings (SSSR count). The molecule has 1 aliphatic heterocycles. The first-order valence-electron chi connectivity index (χ1n) is 7.10. The molecule has 1 aliphatic rings. The fraction of sp³-hybridized carbons (Fsp3) is 0.533. The summed E-state index contributed by atoms with van der Waals surface area (Å²) in [5, 5.41) is 2.99. The van der Waals surface area contributed by atoms with Gasteiger partial charge in [-0.25, -0.2) is 8.78 Å². The van der Waals surface area contributed by atoms with Crippen molar-refractivity contribution in [3.05, 3.63) is 35.4 Å². The Morgan fingerprint density at radius 3 is 2.70 bits per heavy atom. The first-order valence-corrected chi connectivity index (χ1v) is 7.10. The van der Waals surface area contributed by atoms with Crippen LogP contribution in [-0.4, -0.2) is 30.4 Å². The third kappa shape index (κ3) is 4.00. The zero-order chi connectivity index (χ0) is 14.4. The minimum atomic E-state index is -0.839. The Morgan fingerprint density at radius 2 is 1.95 bits per heavy atom. The zero-order valence-electron chi connectivity index (χ0n) is 11.5. The van der Waals surface area contributed by atoms with Gasteiger partial charge < -0.3 is 10.2 Å². The molecule has 20 heavy (non-hydrogen) atoms. The molecule has 1 amide bonds. The molecule has 0 radical (unpaired) electrons. The van der Waals surface area contributed by atoms with Gasteiger partial charge in [-0.1, -0.05) is 12.1 Å². The average molecular weight is 282 g/mol. The zero-order valence-corrected chi connectivity index (χ0v) is 11.5. The molecule has 0 spiro atoms.